The molecule has 0 radical (unpaired) electrons. The van der Waals surface area contributed by atoms with E-state index in [9.17, 15) is 14.0 Å². The van der Waals surface area contributed by atoms with Crippen LogP contribution in [0.3, 0.4) is 0 Å². The molecule has 1 rings (SSSR count). The minimum atomic E-state index is -0.762. The first-order chi connectivity index (χ1) is 6.56. The summed E-state index contributed by atoms with van der Waals surface area (Å²) in [6, 6.07) is 3.31. The van der Waals surface area contributed by atoms with Gasteiger partial charge in [0.15, 0.2) is 0 Å². The summed E-state index contributed by atoms with van der Waals surface area (Å²) in [5.74, 6) is -2.54. The number of hydrogen-bond donors (Lipinski definition) is 0. The summed E-state index contributed by atoms with van der Waals surface area (Å²) in [6.07, 6.45) is 0. The molecule has 0 fully saturated rings. The highest BCUT2D eigenvalue weighted by Crippen LogP contribution is 2.16. The molecule has 2 nitrogen and oxygen atoms in total. The quantitative estimate of drug-likeness (QED) is 0.458. The van der Waals surface area contributed by atoms with Gasteiger partial charge in [0.05, 0.1) is 10.9 Å². The molecule has 0 aromatic heterocycles. The zero-order valence-electron chi connectivity index (χ0n) is 6.89. The van der Waals surface area contributed by atoms with Crippen LogP contribution in [-0.2, 0) is 4.79 Å². The predicted octanol–water partition coefficient (Wildman–Crippen LogP) is 2.47. The number of halogens is 3. The highest BCUT2D eigenvalue weighted by molar-refractivity contribution is 6.51. The highest BCUT2D eigenvalue weighted by atomic mass is 35.5. The van der Waals surface area contributed by atoms with E-state index in [1.165, 1.54) is 6.07 Å². The van der Waals surface area contributed by atoms with E-state index in [4.69, 9.17) is 23.2 Å². The fourth-order valence-electron chi connectivity index (χ4n) is 0.859. The van der Waals surface area contributed by atoms with E-state index < -0.39 is 23.3 Å². The molecular formula is C9H5Cl2FO2. The van der Waals surface area contributed by atoms with Crippen molar-refractivity contribution in [2.45, 2.75) is 0 Å². The zero-order valence-corrected chi connectivity index (χ0v) is 8.40. The second-order valence-electron chi connectivity index (χ2n) is 2.51. The minimum absolute atomic E-state index is 0.0436. The van der Waals surface area contributed by atoms with Crippen LogP contribution in [-0.4, -0.2) is 17.4 Å². The number of carbonyl (C=O) groups is 2. The fourth-order valence-corrected chi connectivity index (χ4v) is 1.16. The van der Waals surface area contributed by atoms with Crippen molar-refractivity contribution in [3.05, 3.63) is 34.6 Å². The van der Waals surface area contributed by atoms with Crippen LogP contribution in [0, 0.1) is 5.82 Å². The molecule has 14 heavy (non-hydrogen) atoms. The standard InChI is InChI=1S/C9H5Cl2FO2/c10-4-8(13)9(14)5-1-2-7(12)6(11)3-5/h1-3H,4H2. The number of hydrogen-bond acceptors (Lipinski definition) is 2. The lowest BCUT2D eigenvalue weighted by Gasteiger charge is -1.99. The van der Waals surface area contributed by atoms with Crippen molar-refractivity contribution < 1.29 is 14.0 Å². The van der Waals surface area contributed by atoms with Gasteiger partial charge >= 0.3 is 0 Å². The molecule has 1 aromatic rings. The Morgan fingerprint density at radius 1 is 1.36 bits per heavy atom. The molecule has 0 bridgehead atoms. The fraction of sp³-hybridized carbons (Fsp3) is 0.111. The molecule has 0 heterocycles. The van der Waals surface area contributed by atoms with Gasteiger partial charge in [-0.1, -0.05) is 11.6 Å². The Kier molecular flexibility index (Phi) is 3.61. The van der Waals surface area contributed by atoms with Crippen LogP contribution < -0.4 is 0 Å². The molecule has 0 aliphatic rings. The van der Waals surface area contributed by atoms with E-state index in [0.717, 1.165) is 12.1 Å². The van der Waals surface area contributed by atoms with Crippen LogP contribution >= 0.6 is 23.2 Å². The molecule has 0 saturated carbocycles. The van der Waals surface area contributed by atoms with Gasteiger partial charge < -0.3 is 0 Å². The maximum atomic E-state index is 12.7. The molecule has 0 spiro atoms. The monoisotopic (exact) mass is 234 g/mol. The smallest absolute Gasteiger partial charge is 0.229 e. The molecule has 1 aromatic carbocycles. The van der Waals surface area contributed by atoms with Gasteiger partial charge in [-0.25, -0.2) is 4.39 Å². The van der Waals surface area contributed by atoms with Gasteiger partial charge in [0.2, 0.25) is 11.6 Å². The Hall–Kier alpha value is -0.930. The molecule has 74 valence electrons. The third-order valence-electron chi connectivity index (χ3n) is 1.56. The number of rotatable bonds is 3. The van der Waals surface area contributed by atoms with Crippen molar-refractivity contribution in [2.24, 2.45) is 0 Å². The Morgan fingerprint density at radius 2 is 2.00 bits per heavy atom. The SMILES string of the molecule is O=C(CCl)C(=O)c1ccc(F)c(Cl)c1. The second kappa shape index (κ2) is 4.53. The Balaban J connectivity index is 3.03. The molecule has 0 atom stereocenters. The molecular weight excluding hydrogens is 230 g/mol. The van der Waals surface area contributed by atoms with Gasteiger partial charge in [-0.3, -0.25) is 9.59 Å². The van der Waals surface area contributed by atoms with Crippen molar-refractivity contribution in [3.8, 4) is 0 Å². The van der Waals surface area contributed by atoms with Crippen LogP contribution in [0.5, 0.6) is 0 Å². The van der Waals surface area contributed by atoms with Gasteiger partial charge in [0.1, 0.15) is 5.82 Å². The van der Waals surface area contributed by atoms with E-state index in [-0.39, 0.29) is 10.6 Å². The topological polar surface area (TPSA) is 34.1 Å². The number of carbonyl (C=O) groups excluding carboxylic acids is 2. The summed E-state index contributed by atoms with van der Waals surface area (Å²) >= 11 is 10.6. The van der Waals surface area contributed by atoms with E-state index in [2.05, 4.69) is 0 Å². The molecule has 0 N–H and O–H groups in total. The molecule has 0 amide bonds. The van der Waals surface area contributed by atoms with Gasteiger partial charge in [-0.15, -0.1) is 11.6 Å². The van der Waals surface area contributed by atoms with Crippen LogP contribution in [0.2, 0.25) is 5.02 Å². The third-order valence-corrected chi connectivity index (χ3v) is 2.09. The van der Waals surface area contributed by atoms with E-state index >= 15 is 0 Å². The molecule has 5 heteroatoms. The highest BCUT2D eigenvalue weighted by Gasteiger charge is 2.15. The Labute approximate surface area is 89.6 Å². The zero-order chi connectivity index (χ0) is 10.7. The van der Waals surface area contributed by atoms with Crippen LogP contribution in [0.4, 0.5) is 4.39 Å². The summed E-state index contributed by atoms with van der Waals surface area (Å²) < 4.78 is 12.7. The minimum Gasteiger partial charge on any atom is -0.289 e. The van der Waals surface area contributed by atoms with Gasteiger partial charge in [0.25, 0.3) is 0 Å². The van der Waals surface area contributed by atoms with Gasteiger partial charge in [0, 0.05) is 5.56 Å². The van der Waals surface area contributed by atoms with E-state index in [0.29, 0.717) is 0 Å². The summed E-state index contributed by atoms with van der Waals surface area (Å²) in [5, 5.41) is -0.196. The van der Waals surface area contributed by atoms with Gasteiger partial charge in [-0.2, -0.15) is 0 Å². The average Bonchev–Trinajstić information content (AvgIpc) is 2.20. The number of alkyl halides is 1. The first-order valence-corrected chi connectivity index (χ1v) is 4.56. The Morgan fingerprint density at radius 3 is 2.50 bits per heavy atom. The van der Waals surface area contributed by atoms with Gasteiger partial charge in [-0.05, 0) is 18.2 Å². The van der Waals surface area contributed by atoms with Crippen molar-refractivity contribution in [3.63, 3.8) is 0 Å². The number of Topliss-reactive ketones (excluding diaryl/α,β-unsaturated/α-hetero) is 2. The lowest BCUT2D eigenvalue weighted by atomic mass is 10.1. The summed E-state index contributed by atoms with van der Waals surface area (Å²) in [6.45, 7) is 0. The van der Waals surface area contributed by atoms with Crippen LogP contribution in [0.1, 0.15) is 10.4 Å². The average molecular weight is 235 g/mol. The molecule has 0 unspecified atom stereocenters. The van der Waals surface area contributed by atoms with Crippen molar-refractivity contribution in [2.75, 3.05) is 5.88 Å². The largest absolute Gasteiger partial charge is 0.289 e. The number of benzene rings is 1. The van der Waals surface area contributed by atoms with Crippen LogP contribution in [0.25, 0.3) is 0 Å². The summed E-state index contributed by atoms with van der Waals surface area (Å²) in [5.41, 5.74) is 0.0436. The molecule has 0 saturated heterocycles. The lowest BCUT2D eigenvalue weighted by Crippen LogP contribution is -2.15. The van der Waals surface area contributed by atoms with Crippen molar-refractivity contribution >= 4 is 34.8 Å². The molecule has 0 aliphatic carbocycles. The van der Waals surface area contributed by atoms with Crippen molar-refractivity contribution in [1.82, 2.24) is 0 Å². The van der Waals surface area contributed by atoms with E-state index in [1.54, 1.807) is 0 Å². The summed E-state index contributed by atoms with van der Waals surface area (Å²) in [7, 11) is 0. The molecule has 0 aliphatic heterocycles. The maximum absolute atomic E-state index is 12.7. The predicted molar refractivity (Wildman–Crippen MR) is 51.5 cm³/mol. The van der Waals surface area contributed by atoms with Crippen LogP contribution in [0.15, 0.2) is 18.2 Å². The second-order valence-corrected chi connectivity index (χ2v) is 3.19. The lowest BCUT2D eigenvalue weighted by molar-refractivity contribution is -0.112. The number of ketones is 2. The van der Waals surface area contributed by atoms with E-state index in [1.807, 2.05) is 0 Å². The maximum Gasteiger partial charge on any atom is 0.229 e. The Bertz CT molecular complexity index is 390. The summed E-state index contributed by atoms with van der Waals surface area (Å²) in [4.78, 5) is 22.1. The normalized spacial score (nSPS) is 9.93. The van der Waals surface area contributed by atoms with Crippen molar-refractivity contribution in [1.29, 1.82) is 0 Å². The third kappa shape index (κ3) is 2.30. The first-order valence-electron chi connectivity index (χ1n) is 3.65. The first kappa shape index (κ1) is 11.1.